The quantitative estimate of drug-likeness (QED) is 0.216. The third-order valence-electron chi connectivity index (χ3n) is 3.37. The van der Waals surface area contributed by atoms with Gasteiger partial charge in [-0.3, -0.25) is 5.32 Å². The van der Waals surface area contributed by atoms with E-state index in [1.165, 1.54) is 0 Å². The van der Waals surface area contributed by atoms with E-state index in [0.29, 0.717) is 13.2 Å². The molecule has 0 aromatic carbocycles. The van der Waals surface area contributed by atoms with Gasteiger partial charge in [-0.2, -0.15) is 0 Å². The van der Waals surface area contributed by atoms with Crippen LogP contribution < -0.4 is 5.32 Å². The molecule has 2 aliphatic heterocycles. The van der Waals surface area contributed by atoms with Crippen molar-refractivity contribution in [1.29, 1.82) is 0 Å². The fourth-order valence-electron chi connectivity index (χ4n) is 2.51. The Labute approximate surface area is 106 Å². The molecule has 3 unspecified atom stereocenters. The van der Waals surface area contributed by atoms with Crippen molar-refractivity contribution in [2.24, 2.45) is 11.8 Å². The molecule has 1 saturated heterocycles. The molecule has 0 aromatic rings. The first-order valence-electron chi connectivity index (χ1n) is 6.17. The van der Waals surface area contributed by atoms with E-state index < -0.39 is 6.23 Å². The summed E-state index contributed by atoms with van der Waals surface area (Å²) in [5.74, 6) is -0.531. The predicted octanol–water partition coefficient (Wildman–Crippen LogP) is -1.33. The lowest BCUT2D eigenvalue weighted by Gasteiger charge is -2.26. The van der Waals surface area contributed by atoms with Crippen LogP contribution in [0.25, 0.3) is 0 Å². The SMILES string of the molecule is O=C[C@@H]1C2C=CC(O2)[C@@H]1C(O)NCCOCCO. The molecule has 2 aliphatic rings. The van der Waals surface area contributed by atoms with Crippen molar-refractivity contribution in [3.05, 3.63) is 12.2 Å². The molecule has 18 heavy (non-hydrogen) atoms. The second-order valence-electron chi connectivity index (χ2n) is 4.48. The molecular weight excluding hydrogens is 238 g/mol. The zero-order chi connectivity index (χ0) is 13.0. The molecule has 5 atom stereocenters. The van der Waals surface area contributed by atoms with Crippen LogP contribution in [0.15, 0.2) is 12.2 Å². The highest BCUT2D eigenvalue weighted by Gasteiger charge is 2.48. The van der Waals surface area contributed by atoms with Crippen molar-refractivity contribution in [2.45, 2.75) is 18.4 Å². The summed E-state index contributed by atoms with van der Waals surface area (Å²) in [5.41, 5.74) is 0. The molecule has 6 nitrogen and oxygen atoms in total. The molecule has 6 heteroatoms. The Hall–Kier alpha value is -0.790. The average Bonchev–Trinajstić information content (AvgIpc) is 2.98. The highest BCUT2D eigenvalue weighted by molar-refractivity contribution is 5.58. The summed E-state index contributed by atoms with van der Waals surface area (Å²) in [4.78, 5) is 11.0. The van der Waals surface area contributed by atoms with Gasteiger partial charge in [0.15, 0.2) is 0 Å². The summed E-state index contributed by atoms with van der Waals surface area (Å²) in [5, 5.41) is 21.5. The largest absolute Gasteiger partial charge is 0.394 e. The smallest absolute Gasteiger partial charge is 0.126 e. The first-order valence-corrected chi connectivity index (χ1v) is 6.17. The lowest BCUT2D eigenvalue weighted by atomic mass is 9.83. The summed E-state index contributed by atoms with van der Waals surface area (Å²) >= 11 is 0. The predicted molar refractivity (Wildman–Crippen MR) is 62.8 cm³/mol. The first kappa shape index (κ1) is 13.6. The van der Waals surface area contributed by atoms with Gasteiger partial charge in [0, 0.05) is 12.5 Å². The van der Waals surface area contributed by atoms with E-state index in [2.05, 4.69) is 5.32 Å². The molecule has 0 radical (unpaired) electrons. The Kier molecular flexibility index (Phi) is 4.85. The zero-order valence-electron chi connectivity index (χ0n) is 10.1. The number of aliphatic hydroxyl groups excluding tert-OH is 2. The van der Waals surface area contributed by atoms with Crippen molar-refractivity contribution >= 4 is 6.29 Å². The van der Waals surface area contributed by atoms with Crippen molar-refractivity contribution in [1.82, 2.24) is 5.32 Å². The van der Waals surface area contributed by atoms with Crippen molar-refractivity contribution in [2.75, 3.05) is 26.4 Å². The molecule has 3 N–H and O–H groups in total. The van der Waals surface area contributed by atoms with Crippen LogP contribution in [0.3, 0.4) is 0 Å². The molecule has 1 fully saturated rings. The third kappa shape index (κ3) is 2.78. The molecule has 0 spiro atoms. The van der Waals surface area contributed by atoms with Crippen LogP contribution >= 0.6 is 0 Å². The minimum atomic E-state index is -0.794. The van der Waals surface area contributed by atoms with E-state index in [9.17, 15) is 9.90 Å². The van der Waals surface area contributed by atoms with E-state index in [0.717, 1.165) is 6.29 Å². The first-order chi connectivity index (χ1) is 8.77. The number of aliphatic hydroxyl groups is 2. The van der Waals surface area contributed by atoms with Gasteiger partial charge in [-0.25, -0.2) is 0 Å². The van der Waals surface area contributed by atoms with Crippen LogP contribution in [0.4, 0.5) is 0 Å². The number of hydrogen-bond donors (Lipinski definition) is 3. The summed E-state index contributed by atoms with van der Waals surface area (Å²) in [6.45, 7) is 1.14. The summed E-state index contributed by atoms with van der Waals surface area (Å²) in [7, 11) is 0. The standard InChI is InChI=1S/C12H19NO5/c14-4-6-17-5-3-13-12(16)11-8(7-15)9-1-2-10(11)18-9/h1-2,7-14,16H,3-6H2/t8-,9?,10?,11-,12?/m1/s1. The number of aldehydes is 1. The van der Waals surface area contributed by atoms with Gasteiger partial charge in [-0.15, -0.1) is 0 Å². The van der Waals surface area contributed by atoms with E-state index in [1.54, 1.807) is 0 Å². The van der Waals surface area contributed by atoms with Crippen molar-refractivity contribution < 1.29 is 24.5 Å². The second kappa shape index (κ2) is 6.40. The molecule has 2 heterocycles. The monoisotopic (exact) mass is 257 g/mol. The molecule has 2 rings (SSSR count). The van der Waals surface area contributed by atoms with Gasteiger partial charge in [0.25, 0.3) is 0 Å². The van der Waals surface area contributed by atoms with Crippen LogP contribution in [0, 0.1) is 11.8 Å². The van der Waals surface area contributed by atoms with E-state index >= 15 is 0 Å². The molecule has 0 saturated carbocycles. The Morgan fingerprint density at radius 1 is 1.39 bits per heavy atom. The maximum absolute atomic E-state index is 11.0. The molecule has 0 aliphatic carbocycles. The number of ether oxygens (including phenoxy) is 2. The fourth-order valence-corrected chi connectivity index (χ4v) is 2.51. The number of carbonyl (C=O) groups excluding carboxylic acids is 1. The molecule has 0 amide bonds. The van der Waals surface area contributed by atoms with E-state index in [-0.39, 0.29) is 37.3 Å². The second-order valence-corrected chi connectivity index (χ2v) is 4.48. The Morgan fingerprint density at radius 3 is 2.89 bits per heavy atom. The van der Waals surface area contributed by atoms with Gasteiger partial charge < -0.3 is 24.5 Å². The van der Waals surface area contributed by atoms with Crippen LogP contribution in [0.5, 0.6) is 0 Å². The highest BCUT2D eigenvalue weighted by Crippen LogP contribution is 2.39. The third-order valence-corrected chi connectivity index (χ3v) is 3.37. The number of nitrogens with one attached hydrogen (secondary N) is 1. The van der Waals surface area contributed by atoms with Gasteiger partial charge in [0.2, 0.25) is 0 Å². The number of rotatable bonds is 8. The van der Waals surface area contributed by atoms with E-state index in [1.807, 2.05) is 12.2 Å². The fraction of sp³-hybridized carbons (Fsp3) is 0.750. The number of hydrogen-bond acceptors (Lipinski definition) is 6. The van der Waals surface area contributed by atoms with Gasteiger partial charge in [-0.1, -0.05) is 12.2 Å². The van der Waals surface area contributed by atoms with Gasteiger partial charge in [0.1, 0.15) is 12.5 Å². The Morgan fingerprint density at radius 2 is 2.17 bits per heavy atom. The average molecular weight is 257 g/mol. The molecule has 2 bridgehead atoms. The summed E-state index contributed by atoms with van der Waals surface area (Å²) in [6.07, 6.45) is 3.44. The van der Waals surface area contributed by atoms with Crippen LogP contribution in [-0.4, -0.2) is 61.3 Å². The van der Waals surface area contributed by atoms with Crippen molar-refractivity contribution in [3.63, 3.8) is 0 Å². The molecular formula is C12H19NO5. The van der Waals surface area contributed by atoms with Crippen molar-refractivity contribution in [3.8, 4) is 0 Å². The van der Waals surface area contributed by atoms with Gasteiger partial charge >= 0.3 is 0 Å². The van der Waals surface area contributed by atoms with Crippen LogP contribution in [0.2, 0.25) is 0 Å². The van der Waals surface area contributed by atoms with Gasteiger partial charge in [-0.05, 0) is 0 Å². The topological polar surface area (TPSA) is 88.0 Å². The molecule has 102 valence electrons. The minimum absolute atomic E-state index is 0.0131. The summed E-state index contributed by atoms with van der Waals surface area (Å²) in [6, 6.07) is 0. The van der Waals surface area contributed by atoms with E-state index in [4.69, 9.17) is 14.6 Å². The highest BCUT2D eigenvalue weighted by atomic mass is 16.5. The number of fused-ring (bicyclic) bond motifs is 2. The normalized spacial score (nSPS) is 35.0. The zero-order valence-corrected chi connectivity index (χ0v) is 10.1. The van der Waals surface area contributed by atoms with Crippen LogP contribution in [-0.2, 0) is 14.3 Å². The summed E-state index contributed by atoms with van der Waals surface area (Å²) < 4.78 is 10.6. The molecule has 0 aromatic heterocycles. The Balaban J connectivity index is 1.76. The van der Waals surface area contributed by atoms with Gasteiger partial charge in [0.05, 0.1) is 37.9 Å². The minimum Gasteiger partial charge on any atom is -0.394 e. The maximum Gasteiger partial charge on any atom is 0.126 e. The van der Waals surface area contributed by atoms with Crippen LogP contribution in [0.1, 0.15) is 0 Å². The lowest BCUT2D eigenvalue weighted by molar-refractivity contribution is -0.114. The maximum atomic E-state index is 11.0. The Bertz CT molecular complexity index is 309. The number of carbonyl (C=O) groups is 1. The lowest BCUT2D eigenvalue weighted by Crippen LogP contribution is -2.45.